The van der Waals surface area contributed by atoms with Crippen LogP contribution in [0.25, 0.3) is 55.4 Å². The molecule has 0 aliphatic carbocycles. The summed E-state index contributed by atoms with van der Waals surface area (Å²) in [6.07, 6.45) is -2.27. The lowest BCUT2D eigenvalue weighted by Crippen LogP contribution is -2.28. The fourth-order valence-electron chi connectivity index (χ4n) is 4.56. The average Bonchev–Trinajstić information content (AvgIpc) is 3.45. The Morgan fingerprint density at radius 2 is 1.62 bits per heavy atom. The van der Waals surface area contributed by atoms with Gasteiger partial charge in [0.15, 0.2) is 0 Å². The summed E-state index contributed by atoms with van der Waals surface area (Å²) in [5.74, 6) is -2.85. The van der Waals surface area contributed by atoms with Gasteiger partial charge in [-0.2, -0.15) is 13.2 Å². The lowest BCUT2D eigenvalue weighted by Gasteiger charge is -2.16. The number of esters is 1. The third kappa shape index (κ3) is 4.67. The number of halogens is 3. The van der Waals surface area contributed by atoms with Gasteiger partial charge >= 0.3 is 12.1 Å². The van der Waals surface area contributed by atoms with Crippen molar-refractivity contribution in [3.63, 3.8) is 0 Å². The summed E-state index contributed by atoms with van der Waals surface area (Å²) in [4.78, 5) is 21.0. The number of nitrogens with two attached hydrogens (primary N) is 1. The number of aromatic nitrogens is 2. The second kappa shape index (κ2) is 9.94. The number of pyridine rings is 2. The number of hydrogen-bond acceptors (Lipinski definition) is 6. The molecule has 6 rings (SSSR count). The number of fused-ring (bicyclic) bond motifs is 2. The molecule has 3 aromatic carbocycles. The molecule has 0 aliphatic heterocycles. The summed E-state index contributed by atoms with van der Waals surface area (Å²) in [7, 11) is 0. The smallest absolute Gasteiger partial charge is 0.464 e. The summed E-state index contributed by atoms with van der Waals surface area (Å²) in [5.41, 5.74) is 11.7. The SMILES string of the molecule is NCc1ccc(-c2nc3c(-c4ccc5occc5c4)cnc(OC(=O)C(F)(F)F)c3cc2-c2ccccc2)cc1. The van der Waals surface area contributed by atoms with Crippen LogP contribution in [0.1, 0.15) is 5.56 Å². The van der Waals surface area contributed by atoms with Crippen molar-refractivity contribution in [3.05, 3.63) is 103 Å². The standard InChI is InChI=1S/C31H20F3N3O3/c32-31(33,34)30(38)40-29-24-15-23(19-4-2-1-3-5-19)27(20-8-6-18(16-35)7-9-20)37-28(24)25(17-36-29)21-10-11-26-22(14-21)12-13-39-26/h1-15,17H,16,35H2. The minimum Gasteiger partial charge on any atom is -0.464 e. The monoisotopic (exact) mass is 539 g/mol. The molecular formula is C31H20F3N3O3. The van der Waals surface area contributed by atoms with E-state index in [2.05, 4.69) is 4.98 Å². The van der Waals surface area contributed by atoms with Crippen LogP contribution >= 0.6 is 0 Å². The third-order valence-electron chi connectivity index (χ3n) is 6.55. The maximum atomic E-state index is 13.2. The van der Waals surface area contributed by atoms with Crippen molar-refractivity contribution in [1.29, 1.82) is 0 Å². The fraction of sp³-hybridized carbons (Fsp3) is 0.0645. The van der Waals surface area contributed by atoms with Gasteiger partial charge in [0.2, 0.25) is 5.88 Å². The lowest BCUT2D eigenvalue weighted by molar-refractivity contribution is -0.189. The average molecular weight is 540 g/mol. The number of hydrogen-bond donors (Lipinski definition) is 1. The zero-order valence-electron chi connectivity index (χ0n) is 20.8. The summed E-state index contributed by atoms with van der Waals surface area (Å²) < 4.78 is 49.7. The van der Waals surface area contributed by atoms with E-state index in [1.165, 1.54) is 6.20 Å². The van der Waals surface area contributed by atoms with Crippen LogP contribution in [0.5, 0.6) is 5.88 Å². The molecule has 0 atom stereocenters. The Morgan fingerprint density at radius 1 is 0.875 bits per heavy atom. The maximum absolute atomic E-state index is 13.2. The minimum absolute atomic E-state index is 0.156. The predicted octanol–water partition coefficient (Wildman–Crippen LogP) is 7.30. The van der Waals surface area contributed by atoms with Gasteiger partial charge in [-0.3, -0.25) is 0 Å². The van der Waals surface area contributed by atoms with Gasteiger partial charge in [0, 0.05) is 34.8 Å². The molecule has 6 nitrogen and oxygen atoms in total. The molecule has 0 radical (unpaired) electrons. The third-order valence-corrected chi connectivity index (χ3v) is 6.55. The van der Waals surface area contributed by atoms with Crippen LogP contribution in [0.2, 0.25) is 0 Å². The van der Waals surface area contributed by atoms with Crippen LogP contribution in [0.4, 0.5) is 13.2 Å². The van der Waals surface area contributed by atoms with Crippen molar-refractivity contribution in [3.8, 4) is 39.4 Å². The molecule has 0 unspecified atom stereocenters. The summed E-state index contributed by atoms with van der Waals surface area (Å²) in [5, 5.41) is 0.986. The number of rotatable bonds is 5. The molecule has 9 heteroatoms. The van der Waals surface area contributed by atoms with Crippen molar-refractivity contribution in [1.82, 2.24) is 9.97 Å². The van der Waals surface area contributed by atoms with Gasteiger partial charge in [0.25, 0.3) is 0 Å². The second-order valence-corrected chi connectivity index (χ2v) is 9.09. The Morgan fingerprint density at radius 3 is 2.35 bits per heavy atom. The highest BCUT2D eigenvalue weighted by Gasteiger charge is 2.42. The Hall–Kier alpha value is -5.02. The Balaban J connectivity index is 1.65. The summed E-state index contributed by atoms with van der Waals surface area (Å²) in [6.45, 7) is 0.372. The van der Waals surface area contributed by atoms with Crippen LogP contribution < -0.4 is 10.5 Å². The predicted molar refractivity (Wildman–Crippen MR) is 145 cm³/mol. The van der Waals surface area contributed by atoms with Crippen molar-refractivity contribution in [2.24, 2.45) is 5.73 Å². The van der Waals surface area contributed by atoms with Crippen molar-refractivity contribution < 1.29 is 27.1 Å². The van der Waals surface area contributed by atoms with Crippen LogP contribution in [0.3, 0.4) is 0 Å². The first-order valence-electron chi connectivity index (χ1n) is 12.3. The van der Waals surface area contributed by atoms with E-state index in [1.807, 2.05) is 66.7 Å². The van der Waals surface area contributed by atoms with Crippen LogP contribution in [-0.2, 0) is 11.3 Å². The number of carbonyl (C=O) groups excluding carboxylic acids is 1. The zero-order valence-corrected chi connectivity index (χ0v) is 20.8. The maximum Gasteiger partial charge on any atom is 0.491 e. The van der Waals surface area contributed by atoms with Crippen molar-refractivity contribution in [2.75, 3.05) is 0 Å². The zero-order chi connectivity index (χ0) is 27.9. The summed E-state index contributed by atoms with van der Waals surface area (Å²) >= 11 is 0. The van der Waals surface area contributed by atoms with Gasteiger partial charge in [-0.15, -0.1) is 0 Å². The quantitative estimate of drug-likeness (QED) is 0.231. The molecule has 0 spiro atoms. The molecule has 40 heavy (non-hydrogen) atoms. The van der Waals surface area contributed by atoms with Gasteiger partial charge in [-0.25, -0.2) is 14.8 Å². The molecule has 0 aliphatic rings. The van der Waals surface area contributed by atoms with Crippen LogP contribution in [0, 0.1) is 0 Å². The fourth-order valence-corrected chi connectivity index (χ4v) is 4.56. The molecule has 0 fully saturated rings. The minimum atomic E-state index is -5.20. The van der Waals surface area contributed by atoms with E-state index in [1.54, 1.807) is 24.5 Å². The van der Waals surface area contributed by atoms with Crippen LogP contribution in [-0.4, -0.2) is 22.1 Å². The van der Waals surface area contributed by atoms with Gasteiger partial charge in [-0.1, -0.05) is 60.7 Å². The molecule has 0 amide bonds. The first-order chi connectivity index (χ1) is 19.3. The Bertz CT molecular complexity index is 1860. The van der Waals surface area contributed by atoms with Gasteiger partial charge in [0.1, 0.15) is 5.58 Å². The number of benzene rings is 3. The number of furan rings is 1. The number of ether oxygens (including phenoxy) is 1. The molecule has 3 heterocycles. The first kappa shape index (κ1) is 25.3. The highest BCUT2D eigenvalue weighted by Crippen LogP contribution is 2.40. The van der Waals surface area contributed by atoms with E-state index >= 15 is 0 Å². The van der Waals surface area contributed by atoms with E-state index in [0.717, 1.165) is 22.1 Å². The number of alkyl halides is 3. The Labute approximate surface area is 225 Å². The lowest BCUT2D eigenvalue weighted by atomic mass is 9.95. The first-order valence-corrected chi connectivity index (χ1v) is 12.3. The van der Waals surface area contributed by atoms with Crippen LogP contribution in [0.15, 0.2) is 102 Å². The highest BCUT2D eigenvalue weighted by atomic mass is 19.4. The van der Waals surface area contributed by atoms with E-state index in [9.17, 15) is 18.0 Å². The Kier molecular flexibility index (Phi) is 6.28. The molecular weight excluding hydrogens is 519 g/mol. The molecule has 198 valence electrons. The molecule has 0 saturated heterocycles. The topological polar surface area (TPSA) is 91.2 Å². The number of carbonyl (C=O) groups is 1. The van der Waals surface area contributed by atoms with Gasteiger partial charge in [0.05, 0.1) is 22.9 Å². The molecule has 3 aromatic heterocycles. The van der Waals surface area contributed by atoms with Crippen molar-refractivity contribution in [2.45, 2.75) is 12.7 Å². The molecule has 0 bridgehead atoms. The van der Waals surface area contributed by atoms with Crippen molar-refractivity contribution >= 4 is 27.8 Å². The molecule has 0 saturated carbocycles. The van der Waals surface area contributed by atoms with Gasteiger partial charge < -0.3 is 14.9 Å². The normalized spacial score (nSPS) is 11.7. The summed E-state index contributed by atoms with van der Waals surface area (Å²) in [6, 6.07) is 25.8. The largest absolute Gasteiger partial charge is 0.491 e. The van der Waals surface area contributed by atoms with E-state index in [4.69, 9.17) is 19.9 Å². The van der Waals surface area contributed by atoms with E-state index in [-0.39, 0.29) is 5.39 Å². The highest BCUT2D eigenvalue weighted by molar-refractivity contribution is 6.02. The molecule has 2 N–H and O–H groups in total. The van der Waals surface area contributed by atoms with Gasteiger partial charge in [-0.05, 0) is 41.0 Å². The molecule has 6 aromatic rings. The second-order valence-electron chi connectivity index (χ2n) is 9.09. The van der Waals surface area contributed by atoms with E-state index in [0.29, 0.717) is 40.0 Å². The van der Waals surface area contributed by atoms with E-state index < -0.39 is 18.0 Å². The number of nitrogens with zero attached hydrogens (tertiary/aromatic N) is 2.